The second kappa shape index (κ2) is 9.22. The number of furan rings is 1. The van der Waals surface area contributed by atoms with Gasteiger partial charge in [0.15, 0.2) is 0 Å². The number of benzene rings is 6. The first-order chi connectivity index (χ1) is 20.8. The third-order valence-corrected chi connectivity index (χ3v) is 9.19. The maximum absolute atomic E-state index is 6.32. The number of anilines is 1. The van der Waals surface area contributed by atoms with Gasteiger partial charge in [-0.05, 0) is 98.8 Å². The SMILES string of the molecule is c1ccc2c(c1)Cc1ccc(CN(Cc3ccc4c(c3)-c3ccccc3C4)c3cccc4oc5ccccc5c34)cc1-2. The molecule has 0 unspecified atom stereocenters. The Balaban J connectivity index is 1.16. The standard InChI is InChI=1S/C40H29NO/c1-3-10-32-28(8-1)22-30-18-16-26(20-35(30)32)24-41(37-13-7-15-39-40(37)34-12-5-6-14-38(34)42-39)25-27-17-19-31-23-29-9-2-4-11-33(29)36(31)21-27/h1-21H,22-25H2. The molecule has 200 valence electrons. The van der Waals surface area contributed by atoms with Crippen molar-refractivity contribution < 1.29 is 4.42 Å². The van der Waals surface area contributed by atoms with Crippen molar-refractivity contribution in [2.45, 2.75) is 25.9 Å². The van der Waals surface area contributed by atoms with E-state index < -0.39 is 0 Å². The third kappa shape index (κ3) is 3.72. The second-order valence-electron chi connectivity index (χ2n) is 11.8. The van der Waals surface area contributed by atoms with Gasteiger partial charge < -0.3 is 9.32 Å². The zero-order valence-corrected chi connectivity index (χ0v) is 23.3. The van der Waals surface area contributed by atoms with Gasteiger partial charge in [0.2, 0.25) is 0 Å². The normalized spacial score (nSPS) is 12.8. The molecule has 2 aliphatic rings. The van der Waals surface area contributed by atoms with Crippen LogP contribution in [0, 0.1) is 0 Å². The summed E-state index contributed by atoms with van der Waals surface area (Å²) in [7, 11) is 0. The number of hydrogen-bond donors (Lipinski definition) is 0. The van der Waals surface area contributed by atoms with Gasteiger partial charge in [0.25, 0.3) is 0 Å². The molecular formula is C40H29NO. The Bertz CT molecular complexity index is 2070. The Labute approximate surface area is 245 Å². The maximum atomic E-state index is 6.32. The van der Waals surface area contributed by atoms with E-state index in [1.807, 2.05) is 6.07 Å². The summed E-state index contributed by atoms with van der Waals surface area (Å²) in [5.41, 5.74) is 16.9. The van der Waals surface area contributed by atoms with Crippen molar-refractivity contribution >= 4 is 27.6 Å². The van der Waals surface area contributed by atoms with Gasteiger partial charge >= 0.3 is 0 Å². The molecule has 6 aromatic carbocycles. The molecule has 0 amide bonds. The summed E-state index contributed by atoms with van der Waals surface area (Å²) in [6.07, 6.45) is 2.04. The number of hydrogen-bond acceptors (Lipinski definition) is 2. The number of nitrogens with zero attached hydrogens (tertiary/aromatic N) is 1. The van der Waals surface area contributed by atoms with Crippen molar-refractivity contribution in [2.24, 2.45) is 0 Å². The summed E-state index contributed by atoms with van der Waals surface area (Å²) in [6.45, 7) is 1.61. The zero-order chi connectivity index (χ0) is 27.6. The minimum atomic E-state index is 0.807. The van der Waals surface area contributed by atoms with Crippen LogP contribution in [0.15, 0.2) is 132 Å². The molecule has 0 spiro atoms. The van der Waals surface area contributed by atoms with Crippen molar-refractivity contribution in [3.8, 4) is 22.3 Å². The number of para-hydroxylation sites is 1. The summed E-state index contributed by atoms with van der Waals surface area (Å²) in [6, 6.07) is 46.7. The van der Waals surface area contributed by atoms with Crippen LogP contribution in [0.2, 0.25) is 0 Å². The highest BCUT2D eigenvalue weighted by Crippen LogP contribution is 2.41. The summed E-state index contributed by atoms with van der Waals surface area (Å²) in [4.78, 5) is 2.54. The third-order valence-electron chi connectivity index (χ3n) is 9.19. The van der Waals surface area contributed by atoms with Gasteiger partial charge in [-0.3, -0.25) is 0 Å². The van der Waals surface area contributed by atoms with Crippen LogP contribution in [0.1, 0.15) is 33.4 Å². The lowest BCUT2D eigenvalue weighted by molar-refractivity contribution is 0.668. The summed E-state index contributed by atoms with van der Waals surface area (Å²) in [5.74, 6) is 0. The monoisotopic (exact) mass is 539 g/mol. The Morgan fingerprint density at radius 2 is 1.02 bits per heavy atom. The van der Waals surface area contributed by atoms with Gasteiger partial charge in [0, 0.05) is 24.2 Å². The van der Waals surface area contributed by atoms with E-state index in [4.69, 9.17) is 4.42 Å². The zero-order valence-electron chi connectivity index (χ0n) is 23.3. The highest BCUT2D eigenvalue weighted by Gasteiger charge is 2.22. The fraction of sp³-hybridized carbons (Fsp3) is 0.100. The Hall–Kier alpha value is -5.08. The fourth-order valence-corrected chi connectivity index (χ4v) is 7.22. The molecule has 0 N–H and O–H groups in total. The average molecular weight is 540 g/mol. The molecule has 0 radical (unpaired) electrons. The van der Waals surface area contributed by atoms with Gasteiger partial charge in [0.05, 0.1) is 5.39 Å². The van der Waals surface area contributed by atoms with Gasteiger partial charge in [-0.15, -0.1) is 0 Å². The molecule has 42 heavy (non-hydrogen) atoms. The minimum Gasteiger partial charge on any atom is -0.456 e. The van der Waals surface area contributed by atoms with E-state index in [9.17, 15) is 0 Å². The fourth-order valence-electron chi connectivity index (χ4n) is 7.22. The van der Waals surface area contributed by atoms with E-state index in [0.717, 1.165) is 37.1 Å². The highest BCUT2D eigenvalue weighted by molar-refractivity contribution is 6.11. The molecule has 0 atom stereocenters. The Morgan fingerprint density at radius 1 is 0.476 bits per heavy atom. The molecule has 0 aliphatic heterocycles. The molecule has 7 aromatic rings. The molecule has 9 rings (SSSR count). The van der Waals surface area contributed by atoms with Crippen molar-refractivity contribution in [1.82, 2.24) is 0 Å². The number of fused-ring (bicyclic) bond motifs is 9. The van der Waals surface area contributed by atoms with Gasteiger partial charge in [-0.1, -0.05) is 97.1 Å². The molecule has 0 bridgehead atoms. The lowest BCUT2D eigenvalue weighted by atomic mass is 10.0. The first-order valence-electron chi connectivity index (χ1n) is 14.8. The van der Waals surface area contributed by atoms with Crippen LogP contribution in [0.3, 0.4) is 0 Å². The molecular weight excluding hydrogens is 510 g/mol. The van der Waals surface area contributed by atoms with Crippen molar-refractivity contribution in [2.75, 3.05) is 4.90 Å². The minimum absolute atomic E-state index is 0.807. The summed E-state index contributed by atoms with van der Waals surface area (Å²) in [5, 5.41) is 2.35. The van der Waals surface area contributed by atoms with Crippen LogP contribution in [0.4, 0.5) is 5.69 Å². The largest absolute Gasteiger partial charge is 0.456 e. The molecule has 2 aliphatic carbocycles. The topological polar surface area (TPSA) is 16.4 Å². The predicted molar refractivity (Wildman–Crippen MR) is 173 cm³/mol. The average Bonchev–Trinajstić information content (AvgIpc) is 3.71. The lowest BCUT2D eigenvalue weighted by Gasteiger charge is -2.27. The van der Waals surface area contributed by atoms with E-state index in [1.165, 1.54) is 72.1 Å². The van der Waals surface area contributed by atoms with Gasteiger partial charge in [0.1, 0.15) is 11.2 Å². The molecule has 0 fully saturated rings. The van der Waals surface area contributed by atoms with E-state index in [-0.39, 0.29) is 0 Å². The van der Waals surface area contributed by atoms with Crippen LogP contribution in [0.25, 0.3) is 44.2 Å². The van der Waals surface area contributed by atoms with Crippen LogP contribution < -0.4 is 4.90 Å². The second-order valence-corrected chi connectivity index (χ2v) is 11.8. The van der Waals surface area contributed by atoms with Crippen molar-refractivity contribution in [1.29, 1.82) is 0 Å². The van der Waals surface area contributed by atoms with Gasteiger partial charge in [-0.25, -0.2) is 0 Å². The van der Waals surface area contributed by atoms with Crippen LogP contribution in [-0.2, 0) is 25.9 Å². The quantitative estimate of drug-likeness (QED) is 0.216. The summed E-state index contributed by atoms with van der Waals surface area (Å²) >= 11 is 0. The van der Waals surface area contributed by atoms with Crippen molar-refractivity contribution in [3.05, 3.63) is 161 Å². The van der Waals surface area contributed by atoms with E-state index in [2.05, 4.69) is 126 Å². The molecule has 2 heteroatoms. The van der Waals surface area contributed by atoms with E-state index in [1.54, 1.807) is 0 Å². The molecule has 0 saturated carbocycles. The van der Waals surface area contributed by atoms with Crippen LogP contribution in [-0.4, -0.2) is 0 Å². The highest BCUT2D eigenvalue weighted by atomic mass is 16.3. The first kappa shape index (κ1) is 23.6. The molecule has 1 heterocycles. The summed E-state index contributed by atoms with van der Waals surface area (Å²) < 4.78 is 6.32. The Kier molecular flexibility index (Phi) is 5.18. The molecule has 1 aromatic heterocycles. The maximum Gasteiger partial charge on any atom is 0.137 e. The first-order valence-corrected chi connectivity index (χ1v) is 14.8. The van der Waals surface area contributed by atoms with Crippen LogP contribution in [0.5, 0.6) is 0 Å². The van der Waals surface area contributed by atoms with E-state index >= 15 is 0 Å². The van der Waals surface area contributed by atoms with Gasteiger partial charge in [-0.2, -0.15) is 0 Å². The smallest absolute Gasteiger partial charge is 0.137 e. The van der Waals surface area contributed by atoms with E-state index in [0.29, 0.717) is 0 Å². The predicted octanol–water partition coefficient (Wildman–Crippen LogP) is 9.94. The Morgan fingerprint density at radius 3 is 1.69 bits per heavy atom. The molecule has 2 nitrogen and oxygen atoms in total. The van der Waals surface area contributed by atoms with Crippen LogP contribution >= 0.6 is 0 Å². The lowest BCUT2D eigenvalue weighted by Crippen LogP contribution is -2.22. The molecule has 0 saturated heterocycles. The number of rotatable bonds is 5. The van der Waals surface area contributed by atoms with Crippen molar-refractivity contribution in [3.63, 3.8) is 0 Å².